The maximum atomic E-state index is 12.0. The lowest BCUT2D eigenvalue weighted by Crippen LogP contribution is -2.49. The molecule has 114 valence electrons. The van der Waals surface area contributed by atoms with Crippen LogP contribution in [-0.2, 0) is 4.79 Å². The van der Waals surface area contributed by atoms with E-state index in [1.807, 2.05) is 29.2 Å². The van der Waals surface area contributed by atoms with Crippen LogP contribution in [0.2, 0.25) is 0 Å². The van der Waals surface area contributed by atoms with Crippen molar-refractivity contribution in [3.8, 4) is 11.5 Å². The van der Waals surface area contributed by atoms with Crippen molar-refractivity contribution < 1.29 is 9.21 Å². The number of furan rings is 1. The van der Waals surface area contributed by atoms with Crippen LogP contribution in [0.15, 0.2) is 34.9 Å². The Balaban J connectivity index is 1.40. The lowest BCUT2D eigenvalue weighted by atomic mass is 10.2. The topological polar surface area (TPSA) is 62.5 Å². The summed E-state index contributed by atoms with van der Waals surface area (Å²) in [6.45, 7) is 3.17. The number of carbonyl (C=O) groups excluding carboxylic acids is 1. The molecule has 6 nitrogen and oxygen atoms in total. The molecule has 0 spiro atoms. The quantitative estimate of drug-likeness (QED) is 0.864. The first-order valence-electron chi connectivity index (χ1n) is 7.72. The van der Waals surface area contributed by atoms with Crippen LogP contribution in [0.3, 0.4) is 0 Å². The molecule has 2 aromatic rings. The molecule has 6 heteroatoms. The second kappa shape index (κ2) is 5.44. The first-order chi connectivity index (χ1) is 10.8. The van der Waals surface area contributed by atoms with Crippen LogP contribution in [0.25, 0.3) is 11.5 Å². The van der Waals surface area contributed by atoms with Gasteiger partial charge in [0.25, 0.3) is 0 Å². The SMILES string of the molecule is O=C(C1CC1)N1CCN(c2ccc(-c3ccco3)nn2)CC1. The zero-order valence-electron chi connectivity index (χ0n) is 12.3. The molecule has 2 aromatic heterocycles. The van der Waals surface area contributed by atoms with Crippen molar-refractivity contribution in [3.63, 3.8) is 0 Å². The molecular formula is C16H18N4O2. The van der Waals surface area contributed by atoms with Gasteiger partial charge in [-0.15, -0.1) is 10.2 Å². The van der Waals surface area contributed by atoms with Crippen molar-refractivity contribution in [2.45, 2.75) is 12.8 Å². The molecule has 2 fully saturated rings. The number of amides is 1. The Morgan fingerprint density at radius 3 is 2.50 bits per heavy atom. The molecule has 22 heavy (non-hydrogen) atoms. The third-order valence-electron chi connectivity index (χ3n) is 4.27. The van der Waals surface area contributed by atoms with Crippen molar-refractivity contribution in [2.75, 3.05) is 31.1 Å². The molecule has 0 unspecified atom stereocenters. The van der Waals surface area contributed by atoms with Crippen LogP contribution >= 0.6 is 0 Å². The zero-order valence-corrected chi connectivity index (χ0v) is 12.3. The van der Waals surface area contributed by atoms with Crippen LogP contribution in [0.5, 0.6) is 0 Å². The summed E-state index contributed by atoms with van der Waals surface area (Å²) in [4.78, 5) is 16.2. The Kier molecular flexibility index (Phi) is 3.29. The fourth-order valence-electron chi connectivity index (χ4n) is 2.79. The van der Waals surface area contributed by atoms with Gasteiger partial charge in [-0.25, -0.2) is 0 Å². The highest BCUT2D eigenvalue weighted by atomic mass is 16.3. The van der Waals surface area contributed by atoms with Crippen molar-refractivity contribution >= 4 is 11.7 Å². The molecule has 4 rings (SSSR count). The van der Waals surface area contributed by atoms with Crippen LogP contribution in [-0.4, -0.2) is 47.2 Å². The van der Waals surface area contributed by atoms with E-state index in [9.17, 15) is 4.79 Å². The van der Waals surface area contributed by atoms with E-state index < -0.39 is 0 Å². The molecule has 1 saturated carbocycles. The minimum absolute atomic E-state index is 0.305. The second-order valence-electron chi connectivity index (χ2n) is 5.84. The predicted molar refractivity (Wildman–Crippen MR) is 81.3 cm³/mol. The lowest BCUT2D eigenvalue weighted by molar-refractivity contribution is -0.132. The lowest BCUT2D eigenvalue weighted by Gasteiger charge is -2.35. The third-order valence-corrected chi connectivity index (χ3v) is 4.27. The van der Waals surface area contributed by atoms with E-state index in [0.717, 1.165) is 56.3 Å². The second-order valence-corrected chi connectivity index (χ2v) is 5.84. The summed E-state index contributed by atoms with van der Waals surface area (Å²) in [7, 11) is 0. The zero-order chi connectivity index (χ0) is 14.9. The van der Waals surface area contributed by atoms with E-state index in [-0.39, 0.29) is 0 Å². The van der Waals surface area contributed by atoms with Crippen molar-refractivity contribution in [1.82, 2.24) is 15.1 Å². The molecule has 1 aliphatic heterocycles. The highest BCUT2D eigenvalue weighted by Gasteiger charge is 2.34. The molecule has 1 saturated heterocycles. The van der Waals surface area contributed by atoms with Gasteiger partial charge in [-0.2, -0.15) is 0 Å². The summed E-state index contributed by atoms with van der Waals surface area (Å²) >= 11 is 0. The smallest absolute Gasteiger partial charge is 0.225 e. The van der Waals surface area contributed by atoms with E-state index in [4.69, 9.17) is 4.42 Å². The Bertz CT molecular complexity index is 641. The minimum Gasteiger partial charge on any atom is -0.463 e. The van der Waals surface area contributed by atoms with E-state index >= 15 is 0 Å². The van der Waals surface area contributed by atoms with Crippen LogP contribution < -0.4 is 4.90 Å². The molecule has 1 aliphatic carbocycles. The predicted octanol–water partition coefficient (Wildman–Crippen LogP) is 1.80. The molecule has 0 N–H and O–H groups in total. The van der Waals surface area contributed by atoms with Crippen molar-refractivity contribution in [3.05, 3.63) is 30.5 Å². The summed E-state index contributed by atoms with van der Waals surface area (Å²) in [5.41, 5.74) is 0.733. The van der Waals surface area contributed by atoms with Gasteiger partial charge in [0, 0.05) is 32.1 Å². The summed E-state index contributed by atoms with van der Waals surface area (Å²) < 4.78 is 5.31. The van der Waals surface area contributed by atoms with Gasteiger partial charge >= 0.3 is 0 Å². The molecular weight excluding hydrogens is 280 g/mol. The number of carbonyl (C=O) groups is 1. The molecule has 3 heterocycles. The molecule has 0 radical (unpaired) electrons. The van der Waals surface area contributed by atoms with Gasteiger partial charge in [0.1, 0.15) is 5.69 Å². The molecule has 0 aromatic carbocycles. The monoisotopic (exact) mass is 298 g/mol. The van der Waals surface area contributed by atoms with Crippen molar-refractivity contribution in [1.29, 1.82) is 0 Å². The highest BCUT2D eigenvalue weighted by molar-refractivity contribution is 5.81. The van der Waals surface area contributed by atoms with Gasteiger partial charge in [-0.05, 0) is 37.1 Å². The van der Waals surface area contributed by atoms with Crippen molar-refractivity contribution in [2.24, 2.45) is 5.92 Å². The van der Waals surface area contributed by atoms with Gasteiger partial charge in [0.15, 0.2) is 11.6 Å². The summed E-state index contributed by atoms with van der Waals surface area (Å²) in [5, 5.41) is 8.51. The van der Waals surface area contributed by atoms with Gasteiger partial charge in [-0.3, -0.25) is 4.79 Å². The molecule has 2 aliphatic rings. The van der Waals surface area contributed by atoms with E-state index in [1.165, 1.54) is 0 Å². The maximum Gasteiger partial charge on any atom is 0.225 e. The Hall–Kier alpha value is -2.37. The first-order valence-corrected chi connectivity index (χ1v) is 7.72. The summed E-state index contributed by atoms with van der Waals surface area (Å²) in [6.07, 6.45) is 3.76. The fourth-order valence-corrected chi connectivity index (χ4v) is 2.79. The molecule has 0 atom stereocenters. The molecule has 0 bridgehead atoms. The summed E-state index contributed by atoms with van der Waals surface area (Å²) in [6, 6.07) is 7.58. The van der Waals surface area contributed by atoms with Gasteiger partial charge in [0.2, 0.25) is 5.91 Å². The highest BCUT2D eigenvalue weighted by Crippen LogP contribution is 2.31. The first kappa shape index (κ1) is 13.3. The third kappa shape index (κ3) is 2.56. The number of anilines is 1. The molecule has 1 amide bonds. The summed E-state index contributed by atoms with van der Waals surface area (Å²) in [5.74, 6) is 2.21. The average molecular weight is 298 g/mol. The number of aromatic nitrogens is 2. The average Bonchev–Trinajstić information content (AvgIpc) is 3.29. The number of hydrogen-bond acceptors (Lipinski definition) is 5. The Morgan fingerprint density at radius 2 is 1.91 bits per heavy atom. The van der Waals surface area contributed by atoms with Gasteiger partial charge < -0.3 is 14.2 Å². The Morgan fingerprint density at radius 1 is 1.09 bits per heavy atom. The standard InChI is InChI=1S/C16H18N4O2/c21-16(12-3-4-12)20-9-7-19(8-10-20)15-6-5-13(17-18-15)14-2-1-11-22-14/h1-2,5-6,11-12H,3-4,7-10H2. The Labute approximate surface area is 128 Å². The number of piperazine rings is 1. The number of hydrogen-bond donors (Lipinski definition) is 0. The number of rotatable bonds is 3. The largest absolute Gasteiger partial charge is 0.463 e. The number of nitrogens with zero attached hydrogens (tertiary/aromatic N) is 4. The normalized spacial score (nSPS) is 18.5. The van der Waals surface area contributed by atoms with Gasteiger partial charge in [-0.1, -0.05) is 0 Å². The van der Waals surface area contributed by atoms with Crippen LogP contribution in [0, 0.1) is 5.92 Å². The van der Waals surface area contributed by atoms with Crippen LogP contribution in [0.1, 0.15) is 12.8 Å². The minimum atomic E-state index is 0.305. The van der Waals surface area contributed by atoms with E-state index in [0.29, 0.717) is 11.8 Å². The van der Waals surface area contributed by atoms with Gasteiger partial charge in [0.05, 0.1) is 6.26 Å². The van der Waals surface area contributed by atoms with Crippen LogP contribution in [0.4, 0.5) is 5.82 Å². The van der Waals surface area contributed by atoms with E-state index in [2.05, 4.69) is 15.1 Å². The maximum absolute atomic E-state index is 12.0. The fraction of sp³-hybridized carbons (Fsp3) is 0.438. The van der Waals surface area contributed by atoms with E-state index in [1.54, 1.807) is 6.26 Å².